The number of nitrogen functional groups attached to an aromatic ring is 1. The van der Waals surface area contributed by atoms with E-state index in [1.165, 1.54) is 0 Å². The van der Waals surface area contributed by atoms with Crippen molar-refractivity contribution in [2.75, 3.05) is 5.73 Å². The summed E-state index contributed by atoms with van der Waals surface area (Å²) in [5.41, 5.74) is 7.87. The Labute approximate surface area is 117 Å². The number of alkyl halides is 1. The minimum atomic E-state index is -0.0235. The molecule has 18 heavy (non-hydrogen) atoms. The maximum Gasteiger partial charge on any atom is 0.126 e. The second-order valence-electron chi connectivity index (χ2n) is 4.11. The van der Waals surface area contributed by atoms with Crippen LogP contribution in [0.3, 0.4) is 0 Å². The number of benzene rings is 1. The van der Waals surface area contributed by atoms with E-state index in [1.54, 1.807) is 6.20 Å². The van der Waals surface area contributed by atoms with E-state index in [1.807, 2.05) is 36.4 Å². The molecule has 2 nitrogen and oxygen atoms in total. The largest absolute Gasteiger partial charge is 0.383 e. The van der Waals surface area contributed by atoms with E-state index in [0.29, 0.717) is 10.8 Å². The summed E-state index contributed by atoms with van der Waals surface area (Å²) in [6.45, 7) is 0. The van der Waals surface area contributed by atoms with Crippen LogP contribution in [0.5, 0.6) is 0 Å². The van der Waals surface area contributed by atoms with Gasteiger partial charge in [0.2, 0.25) is 0 Å². The number of nitrogens with two attached hydrogens (primary N) is 1. The Bertz CT molecular complexity index is 514. The van der Waals surface area contributed by atoms with Gasteiger partial charge in [0.15, 0.2) is 0 Å². The van der Waals surface area contributed by atoms with Gasteiger partial charge < -0.3 is 5.73 Å². The van der Waals surface area contributed by atoms with Crippen LogP contribution in [0, 0.1) is 0 Å². The van der Waals surface area contributed by atoms with Crippen molar-refractivity contribution in [3.8, 4) is 0 Å². The van der Waals surface area contributed by atoms with Crippen LogP contribution in [0.4, 0.5) is 5.82 Å². The number of halogens is 2. The Balaban J connectivity index is 2.01. The van der Waals surface area contributed by atoms with Crippen molar-refractivity contribution in [1.82, 2.24) is 4.98 Å². The zero-order valence-corrected chi connectivity index (χ0v) is 11.3. The highest BCUT2D eigenvalue weighted by Crippen LogP contribution is 2.27. The average molecular weight is 281 g/mol. The first kappa shape index (κ1) is 13.2. The second-order valence-corrected chi connectivity index (χ2v) is 5.08. The highest BCUT2D eigenvalue weighted by molar-refractivity contribution is 6.30. The van der Waals surface area contributed by atoms with Crippen LogP contribution in [0.2, 0.25) is 5.02 Å². The Morgan fingerprint density at radius 2 is 1.94 bits per heavy atom. The van der Waals surface area contributed by atoms with Gasteiger partial charge in [-0.3, -0.25) is 0 Å². The van der Waals surface area contributed by atoms with Crippen LogP contribution in [-0.2, 0) is 6.42 Å². The van der Waals surface area contributed by atoms with E-state index in [2.05, 4.69) is 4.98 Å². The van der Waals surface area contributed by atoms with Crippen molar-refractivity contribution in [2.45, 2.75) is 18.2 Å². The Morgan fingerprint density at radius 3 is 2.67 bits per heavy atom. The van der Waals surface area contributed by atoms with Crippen LogP contribution in [0.25, 0.3) is 0 Å². The van der Waals surface area contributed by atoms with Crippen LogP contribution in [0.15, 0.2) is 42.6 Å². The van der Waals surface area contributed by atoms with Crippen molar-refractivity contribution >= 4 is 29.0 Å². The number of pyridine rings is 1. The highest BCUT2D eigenvalue weighted by Gasteiger charge is 2.09. The third kappa shape index (κ3) is 3.37. The molecule has 1 unspecified atom stereocenters. The predicted octanol–water partition coefficient (Wildman–Crippen LogP) is 4.23. The molecule has 0 aliphatic rings. The summed E-state index contributed by atoms with van der Waals surface area (Å²) in [5, 5.41) is 0.578. The van der Waals surface area contributed by atoms with Gasteiger partial charge >= 0.3 is 0 Å². The predicted molar refractivity (Wildman–Crippen MR) is 77.0 cm³/mol. The van der Waals surface area contributed by atoms with E-state index in [4.69, 9.17) is 28.9 Å². The first-order valence-corrected chi connectivity index (χ1v) is 6.57. The van der Waals surface area contributed by atoms with E-state index < -0.39 is 0 Å². The molecule has 94 valence electrons. The van der Waals surface area contributed by atoms with Gasteiger partial charge in [-0.2, -0.15) is 0 Å². The molecule has 0 aliphatic heterocycles. The molecular formula is C14H14Cl2N2. The number of hydrogen-bond donors (Lipinski definition) is 1. The summed E-state index contributed by atoms with van der Waals surface area (Å²) in [6.07, 6.45) is 3.12. The zero-order chi connectivity index (χ0) is 13.0. The van der Waals surface area contributed by atoms with Crippen molar-refractivity contribution in [3.63, 3.8) is 0 Å². The maximum atomic E-state index is 6.35. The monoisotopic (exact) mass is 280 g/mol. The molecule has 0 fully saturated rings. The van der Waals surface area contributed by atoms with E-state index in [9.17, 15) is 0 Å². The van der Waals surface area contributed by atoms with Crippen LogP contribution < -0.4 is 5.73 Å². The lowest BCUT2D eigenvalue weighted by atomic mass is 10.0. The summed E-state index contributed by atoms with van der Waals surface area (Å²) in [4.78, 5) is 4.03. The normalized spacial score (nSPS) is 12.3. The van der Waals surface area contributed by atoms with Crippen molar-refractivity contribution in [3.05, 3.63) is 58.7 Å². The van der Waals surface area contributed by atoms with Crippen LogP contribution in [0.1, 0.15) is 22.9 Å². The van der Waals surface area contributed by atoms with Crippen LogP contribution >= 0.6 is 23.2 Å². The summed E-state index contributed by atoms with van der Waals surface area (Å²) >= 11 is 12.3. The Kier molecular flexibility index (Phi) is 4.45. The standard InChI is InChI=1S/C14H14Cl2N2/c15-12-8-11(14(17)18-9-12)6-7-13(16)10-4-2-1-3-5-10/h1-5,8-9,13H,6-7H2,(H2,17,18). The number of rotatable bonds is 4. The number of anilines is 1. The number of hydrogen-bond acceptors (Lipinski definition) is 2. The summed E-state index contributed by atoms with van der Waals surface area (Å²) < 4.78 is 0. The number of aromatic nitrogens is 1. The lowest BCUT2D eigenvalue weighted by Gasteiger charge is -2.10. The fourth-order valence-corrected chi connectivity index (χ4v) is 2.24. The second kappa shape index (κ2) is 6.07. The molecule has 0 amide bonds. The fraction of sp³-hybridized carbons (Fsp3) is 0.214. The van der Waals surface area contributed by atoms with E-state index in [0.717, 1.165) is 24.0 Å². The molecule has 1 aromatic heterocycles. The summed E-state index contributed by atoms with van der Waals surface area (Å²) in [5.74, 6) is 0.524. The Hall–Kier alpha value is -1.25. The van der Waals surface area contributed by atoms with Gasteiger partial charge in [-0.25, -0.2) is 4.98 Å². The molecule has 4 heteroatoms. The smallest absolute Gasteiger partial charge is 0.126 e. The van der Waals surface area contributed by atoms with Crippen molar-refractivity contribution < 1.29 is 0 Å². The number of aryl methyl sites for hydroxylation is 1. The van der Waals surface area contributed by atoms with Gasteiger partial charge in [0, 0.05) is 6.20 Å². The summed E-state index contributed by atoms with van der Waals surface area (Å²) in [6, 6.07) is 11.8. The minimum Gasteiger partial charge on any atom is -0.383 e. The lowest BCUT2D eigenvalue weighted by molar-refractivity contribution is 0.792. The minimum absolute atomic E-state index is 0.0235. The molecule has 2 rings (SSSR count). The van der Waals surface area contributed by atoms with Gasteiger partial charge in [-0.1, -0.05) is 41.9 Å². The molecule has 1 aromatic carbocycles. The first-order valence-electron chi connectivity index (χ1n) is 5.75. The molecular weight excluding hydrogens is 267 g/mol. The molecule has 0 saturated carbocycles. The quantitative estimate of drug-likeness (QED) is 0.852. The summed E-state index contributed by atoms with van der Waals surface area (Å²) in [7, 11) is 0. The third-order valence-corrected chi connectivity index (χ3v) is 3.47. The van der Waals surface area contributed by atoms with Gasteiger partial charge in [-0.05, 0) is 30.0 Å². The molecule has 0 saturated heterocycles. The molecule has 0 radical (unpaired) electrons. The first-order chi connectivity index (χ1) is 8.66. The third-order valence-electron chi connectivity index (χ3n) is 2.80. The SMILES string of the molecule is Nc1ncc(Cl)cc1CCC(Cl)c1ccccc1. The molecule has 1 heterocycles. The number of nitrogens with zero attached hydrogens (tertiary/aromatic N) is 1. The van der Waals surface area contributed by atoms with E-state index in [-0.39, 0.29) is 5.38 Å². The topological polar surface area (TPSA) is 38.9 Å². The Morgan fingerprint density at radius 1 is 1.22 bits per heavy atom. The average Bonchev–Trinajstić information content (AvgIpc) is 2.40. The molecule has 0 bridgehead atoms. The van der Waals surface area contributed by atoms with Gasteiger partial charge in [-0.15, -0.1) is 11.6 Å². The van der Waals surface area contributed by atoms with Crippen LogP contribution in [-0.4, -0.2) is 4.98 Å². The highest BCUT2D eigenvalue weighted by atomic mass is 35.5. The molecule has 0 aliphatic carbocycles. The van der Waals surface area contributed by atoms with Gasteiger partial charge in [0.25, 0.3) is 0 Å². The van der Waals surface area contributed by atoms with Gasteiger partial charge in [0.1, 0.15) is 5.82 Å². The fourth-order valence-electron chi connectivity index (χ4n) is 1.80. The van der Waals surface area contributed by atoms with Crippen molar-refractivity contribution in [2.24, 2.45) is 0 Å². The zero-order valence-electron chi connectivity index (χ0n) is 9.81. The van der Waals surface area contributed by atoms with E-state index >= 15 is 0 Å². The molecule has 2 aromatic rings. The van der Waals surface area contributed by atoms with Gasteiger partial charge in [0.05, 0.1) is 10.4 Å². The van der Waals surface area contributed by atoms with Crippen molar-refractivity contribution in [1.29, 1.82) is 0 Å². The molecule has 2 N–H and O–H groups in total. The molecule has 1 atom stereocenters. The lowest BCUT2D eigenvalue weighted by Crippen LogP contribution is -2.00. The molecule has 0 spiro atoms. The maximum absolute atomic E-state index is 6.35.